The van der Waals surface area contributed by atoms with Gasteiger partial charge in [0.15, 0.2) is 0 Å². The summed E-state index contributed by atoms with van der Waals surface area (Å²) in [5.41, 5.74) is 2.37. The van der Waals surface area contributed by atoms with Crippen LogP contribution >= 0.6 is 22.9 Å². The van der Waals surface area contributed by atoms with E-state index in [0.29, 0.717) is 11.7 Å². The van der Waals surface area contributed by atoms with E-state index in [1.807, 2.05) is 31.2 Å². The molecule has 4 nitrogen and oxygen atoms in total. The Labute approximate surface area is 168 Å². The molecule has 0 saturated carbocycles. The summed E-state index contributed by atoms with van der Waals surface area (Å²) < 4.78 is 0. The summed E-state index contributed by atoms with van der Waals surface area (Å²) in [4.78, 5) is 22.8. The first-order valence-electron chi connectivity index (χ1n) is 9.48. The molecule has 0 bridgehead atoms. The maximum absolute atomic E-state index is 12.8. The highest BCUT2D eigenvalue weighted by Gasteiger charge is 2.24. The summed E-state index contributed by atoms with van der Waals surface area (Å²) in [7, 11) is 0. The molecule has 4 rings (SSSR count). The Morgan fingerprint density at radius 3 is 2.74 bits per heavy atom. The summed E-state index contributed by atoms with van der Waals surface area (Å²) in [6, 6.07) is 7.87. The number of rotatable bonds is 4. The fourth-order valence-corrected chi connectivity index (χ4v) is 5.39. The second kappa shape index (κ2) is 7.38. The summed E-state index contributed by atoms with van der Waals surface area (Å²) in [6.45, 7) is 6.41. The van der Waals surface area contributed by atoms with Gasteiger partial charge in [-0.3, -0.25) is 4.79 Å². The minimum absolute atomic E-state index is 0.00477. The van der Waals surface area contributed by atoms with Gasteiger partial charge in [0.25, 0.3) is 5.56 Å². The molecule has 2 N–H and O–H groups in total. The van der Waals surface area contributed by atoms with Crippen LogP contribution in [0.5, 0.6) is 0 Å². The molecule has 0 aliphatic heterocycles. The predicted octanol–water partition coefficient (Wildman–Crippen LogP) is 5.17. The number of hydrogen-bond acceptors (Lipinski definition) is 4. The number of hydrogen-bond donors (Lipinski definition) is 2. The van der Waals surface area contributed by atoms with Gasteiger partial charge >= 0.3 is 0 Å². The lowest BCUT2D eigenvalue weighted by Gasteiger charge is -2.20. The average molecular weight is 402 g/mol. The number of benzene rings is 1. The summed E-state index contributed by atoms with van der Waals surface area (Å²) >= 11 is 7.67. The average Bonchev–Trinajstić information content (AvgIpc) is 2.99. The van der Waals surface area contributed by atoms with Crippen molar-refractivity contribution in [3.8, 4) is 0 Å². The van der Waals surface area contributed by atoms with Crippen LogP contribution in [0.15, 0.2) is 29.1 Å². The molecule has 1 aliphatic carbocycles. The molecule has 2 heterocycles. The van der Waals surface area contributed by atoms with E-state index in [1.165, 1.54) is 10.4 Å². The summed E-state index contributed by atoms with van der Waals surface area (Å²) in [6.07, 6.45) is 3.20. The zero-order valence-corrected chi connectivity index (χ0v) is 17.4. The number of fused-ring (bicyclic) bond motifs is 3. The molecule has 142 valence electrons. The first-order chi connectivity index (χ1) is 12.9. The van der Waals surface area contributed by atoms with E-state index >= 15 is 0 Å². The van der Waals surface area contributed by atoms with Crippen molar-refractivity contribution in [3.05, 3.63) is 61.5 Å². The van der Waals surface area contributed by atoms with Crippen molar-refractivity contribution in [1.29, 1.82) is 0 Å². The Morgan fingerprint density at radius 1 is 1.26 bits per heavy atom. The largest absolute Gasteiger partial charge is 0.309 e. The van der Waals surface area contributed by atoms with Crippen LogP contribution in [0.2, 0.25) is 5.02 Å². The van der Waals surface area contributed by atoms with Gasteiger partial charge in [-0.2, -0.15) is 0 Å². The summed E-state index contributed by atoms with van der Waals surface area (Å²) in [5.74, 6) is 1.38. The lowest BCUT2D eigenvalue weighted by atomic mass is 9.89. The van der Waals surface area contributed by atoms with Gasteiger partial charge in [-0.1, -0.05) is 30.7 Å². The standard InChI is InChI=1S/C21H24ClN3OS/c1-11-4-9-16-17(10-11)27-21-18(16)20(26)24-19(25-21)13(3)23-12(2)14-5-7-15(22)8-6-14/h5-8,11-13,23H,4,9-10H2,1-3H3,(H,24,25,26)/t11-,12+,13-/m1/s1. The molecule has 2 aromatic heterocycles. The third kappa shape index (κ3) is 3.68. The minimum atomic E-state index is -0.0640. The van der Waals surface area contributed by atoms with Gasteiger partial charge in [-0.05, 0) is 62.3 Å². The monoisotopic (exact) mass is 401 g/mol. The molecular formula is C21H24ClN3OS. The molecule has 0 radical (unpaired) electrons. The van der Waals surface area contributed by atoms with Gasteiger partial charge in [0.2, 0.25) is 0 Å². The van der Waals surface area contributed by atoms with Gasteiger partial charge in [0.1, 0.15) is 10.7 Å². The maximum Gasteiger partial charge on any atom is 0.259 e. The summed E-state index contributed by atoms with van der Waals surface area (Å²) in [5, 5.41) is 5.06. The lowest BCUT2D eigenvalue weighted by Crippen LogP contribution is -2.26. The molecule has 1 aliphatic rings. The second-order valence-corrected chi connectivity index (χ2v) is 9.16. The Bertz CT molecular complexity index is 1020. The molecule has 27 heavy (non-hydrogen) atoms. The molecule has 0 unspecified atom stereocenters. The highest BCUT2D eigenvalue weighted by Crippen LogP contribution is 2.35. The number of aryl methyl sites for hydroxylation is 1. The number of aromatic amines is 1. The lowest BCUT2D eigenvalue weighted by molar-refractivity contribution is 0.477. The molecule has 1 aromatic carbocycles. The molecule has 3 aromatic rings. The third-order valence-corrected chi connectivity index (χ3v) is 6.86. The van der Waals surface area contributed by atoms with Crippen LogP contribution in [0.3, 0.4) is 0 Å². The Hall–Kier alpha value is -1.69. The number of aromatic nitrogens is 2. The Kier molecular flexibility index (Phi) is 5.10. The van der Waals surface area contributed by atoms with Crippen molar-refractivity contribution < 1.29 is 0 Å². The van der Waals surface area contributed by atoms with Crippen molar-refractivity contribution in [2.24, 2.45) is 5.92 Å². The zero-order chi connectivity index (χ0) is 19.1. The quantitative estimate of drug-likeness (QED) is 0.633. The minimum Gasteiger partial charge on any atom is -0.309 e. The van der Waals surface area contributed by atoms with Gasteiger partial charge in [0.05, 0.1) is 11.4 Å². The molecule has 0 fully saturated rings. The predicted molar refractivity (Wildman–Crippen MR) is 113 cm³/mol. The second-order valence-electron chi connectivity index (χ2n) is 7.64. The first-order valence-corrected chi connectivity index (χ1v) is 10.7. The van der Waals surface area contributed by atoms with Crippen LogP contribution in [0.1, 0.15) is 61.1 Å². The number of nitrogens with one attached hydrogen (secondary N) is 2. The van der Waals surface area contributed by atoms with Gasteiger partial charge < -0.3 is 10.3 Å². The van der Waals surface area contributed by atoms with E-state index in [9.17, 15) is 4.79 Å². The molecule has 3 atom stereocenters. The number of H-pyrrole nitrogens is 1. The van der Waals surface area contributed by atoms with Crippen LogP contribution in [0.4, 0.5) is 0 Å². The molecule has 0 amide bonds. The zero-order valence-electron chi connectivity index (χ0n) is 15.8. The normalized spacial score (nSPS) is 19.0. The number of nitrogens with zero attached hydrogens (tertiary/aromatic N) is 1. The van der Waals surface area contributed by atoms with Crippen molar-refractivity contribution in [1.82, 2.24) is 15.3 Å². The molecule has 0 saturated heterocycles. The van der Waals surface area contributed by atoms with Gasteiger partial charge in [-0.15, -0.1) is 11.3 Å². The Morgan fingerprint density at radius 2 is 2.00 bits per heavy atom. The van der Waals surface area contributed by atoms with Crippen molar-refractivity contribution in [3.63, 3.8) is 0 Å². The van der Waals surface area contributed by atoms with Crippen LogP contribution in [-0.4, -0.2) is 9.97 Å². The van der Waals surface area contributed by atoms with E-state index in [2.05, 4.69) is 24.1 Å². The van der Waals surface area contributed by atoms with E-state index in [0.717, 1.165) is 40.1 Å². The van der Waals surface area contributed by atoms with E-state index in [-0.39, 0.29) is 17.6 Å². The molecular weight excluding hydrogens is 378 g/mol. The van der Waals surface area contributed by atoms with E-state index in [4.69, 9.17) is 16.6 Å². The SMILES string of the molecule is C[C@@H]1CCc2c(sc3nc([C@@H](C)N[C@@H](C)c4ccc(Cl)cc4)[nH]c(=O)c23)C1. The van der Waals surface area contributed by atoms with E-state index in [1.54, 1.807) is 11.3 Å². The number of thiophene rings is 1. The van der Waals surface area contributed by atoms with Crippen LogP contribution in [-0.2, 0) is 12.8 Å². The highest BCUT2D eigenvalue weighted by molar-refractivity contribution is 7.18. The van der Waals surface area contributed by atoms with Crippen LogP contribution in [0.25, 0.3) is 10.2 Å². The smallest absolute Gasteiger partial charge is 0.259 e. The van der Waals surface area contributed by atoms with Crippen molar-refractivity contribution in [2.75, 3.05) is 0 Å². The van der Waals surface area contributed by atoms with Gasteiger partial charge in [0, 0.05) is 15.9 Å². The fraction of sp³-hybridized carbons (Fsp3) is 0.429. The van der Waals surface area contributed by atoms with Crippen LogP contribution in [0, 0.1) is 5.92 Å². The maximum atomic E-state index is 12.8. The van der Waals surface area contributed by atoms with Gasteiger partial charge in [-0.25, -0.2) is 4.98 Å². The van der Waals surface area contributed by atoms with Crippen molar-refractivity contribution >= 4 is 33.2 Å². The van der Waals surface area contributed by atoms with E-state index < -0.39 is 0 Å². The molecule has 0 spiro atoms. The molecule has 6 heteroatoms. The Balaban J connectivity index is 1.61. The topological polar surface area (TPSA) is 57.8 Å². The van der Waals surface area contributed by atoms with Crippen molar-refractivity contribution in [2.45, 2.75) is 52.1 Å². The first kappa shape index (κ1) is 18.7. The highest BCUT2D eigenvalue weighted by atomic mass is 35.5. The fourth-order valence-electron chi connectivity index (χ4n) is 3.87. The van der Waals surface area contributed by atoms with Crippen LogP contribution < -0.4 is 10.9 Å². The number of halogens is 1. The third-order valence-electron chi connectivity index (χ3n) is 5.46.